The van der Waals surface area contributed by atoms with Crippen LogP contribution in [0.2, 0.25) is 0 Å². The van der Waals surface area contributed by atoms with Gasteiger partial charge in [0.05, 0.1) is 18.8 Å². The van der Waals surface area contributed by atoms with Crippen LogP contribution in [0.3, 0.4) is 0 Å². The van der Waals surface area contributed by atoms with Crippen LogP contribution in [0.4, 0.5) is 0 Å². The van der Waals surface area contributed by atoms with Crippen LogP contribution in [0.1, 0.15) is 21.9 Å². The Kier molecular flexibility index (Phi) is 7.68. The van der Waals surface area contributed by atoms with Crippen LogP contribution in [0.25, 0.3) is 0 Å². The summed E-state index contributed by atoms with van der Waals surface area (Å²) in [7, 11) is 3.17. The lowest BCUT2D eigenvalue weighted by atomic mass is 10.2. The molecule has 1 aromatic carbocycles. The molecule has 0 aliphatic rings. The van der Waals surface area contributed by atoms with E-state index in [9.17, 15) is 4.79 Å². The Labute approximate surface area is 152 Å². The molecule has 7 heteroatoms. The van der Waals surface area contributed by atoms with Gasteiger partial charge >= 0.3 is 0 Å². The lowest BCUT2D eigenvalue weighted by Gasteiger charge is -2.20. The number of para-hydroxylation sites is 1. The second-order valence-electron chi connectivity index (χ2n) is 5.44. The van der Waals surface area contributed by atoms with Crippen LogP contribution < -0.4 is 4.74 Å². The number of nitriles is 1. The van der Waals surface area contributed by atoms with Crippen LogP contribution >= 0.6 is 0 Å². The minimum absolute atomic E-state index is 0.127. The zero-order valence-corrected chi connectivity index (χ0v) is 14.9. The van der Waals surface area contributed by atoms with Gasteiger partial charge in [0, 0.05) is 27.3 Å². The minimum atomic E-state index is -0.234. The number of carbonyl (C=O) groups excluding carboxylic acids is 1. The molecule has 1 amide bonds. The summed E-state index contributed by atoms with van der Waals surface area (Å²) in [6.45, 7) is 1.87. The topological polar surface area (TPSA) is 84.9 Å². The van der Waals surface area contributed by atoms with Crippen LogP contribution in [0.15, 0.2) is 40.8 Å². The molecule has 0 saturated carbocycles. The minimum Gasteiger partial charge on any atom is -0.484 e. The van der Waals surface area contributed by atoms with E-state index in [1.54, 1.807) is 55.5 Å². The summed E-state index contributed by atoms with van der Waals surface area (Å²) in [5, 5.41) is 9.07. The Morgan fingerprint density at radius 3 is 2.46 bits per heavy atom. The Morgan fingerprint density at radius 1 is 1.12 bits per heavy atom. The van der Waals surface area contributed by atoms with E-state index in [4.69, 9.17) is 23.9 Å². The summed E-state index contributed by atoms with van der Waals surface area (Å²) in [6, 6.07) is 12.3. The van der Waals surface area contributed by atoms with Gasteiger partial charge < -0.3 is 23.5 Å². The van der Waals surface area contributed by atoms with Gasteiger partial charge in [-0.25, -0.2) is 0 Å². The first-order valence-corrected chi connectivity index (χ1v) is 8.17. The zero-order valence-electron chi connectivity index (χ0n) is 14.9. The van der Waals surface area contributed by atoms with Crippen molar-refractivity contribution in [1.82, 2.24) is 4.90 Å². The molecular weight excluding hydrogens is 336 g/mol. The van der Waals surface area contributed by atoms with E-state index >= 15 is 0 Å². The summed E-state index contributed by atoms with van der Waals surface area (Å²) in [5.41, 5.74) is 0.445. The van der Waals surface area contributed by atoms with Gasteiger partial charge in [-0.05, 0) is 24.3 Å². The molecule has 0 spiro atoms. The molecular formula is C19H22N2O5. The fourth-order valence-electron chi connectivity index (χ4n) is 2.28. The second kappa shape index (κ2) is 10.2. The maximum absolute atomic E-state index is 12.6. The standard InChI is InChI=1S/C19H22N2O5/c1-23-11-9-21(10-12-24-2)19(22)18-8-7-16(26-18)14-25-17-6-4-3-5-15(17)13-20/h3-8H,9-12,14H2,1-2H3. The third-order valence-electron chi connectivity index (χ3n) is 3.67. The highest BCUT2D eigenvalue weighted by Gasteiger charge is 2.19. The molecule has 0 fully saturated rings. The molecule has 0 radical (unpaired) electrons. The summed E-state index contributed by atoms with van der Waals surface area (Å²) >= 11 is 0. The first-order valence-electron chi connectivity index (χ1n) is 8.17. The van der Waals surface area contributed by atoms with Gasteiger partial charge in [-0.2, -0.15) is 5.26 Å². The average Bonchev–Trinajstić information content (AvgIpc) is 3.15. The number of hydrogen-bond acceptors (Lipinski definition) is 6. The first kappa shape index (κ1) is 19.5. The molecule has 0 aliphatic heterocycles. The SMILES string of the molecule is COCCN(CCOC)C(=O)c1ccc(COc2ccccc2C#N)o1. The highest BCUT2D eigenvalue weighted by atomic mass is 16.5. The Balaban J connectivity index is 2.00. The fraction of sp³-hybridized carbons (Fsp3) is 0.368. The zero-order chi connectivity index (χ0) is 18.8. The molecule has 1 aromatic heterocycles. The van der Waals surface area contributed by atoms with E-state index in [2.05, 4.69) is 6.07 Å². The average molecular weight is 358 g/mol. The normalized spacial score (nSPS) is 10.3. The first-order chi connectivity index (χ1) is 12.7. The third-order valence-corrected chi connectivity index (χ3v) is 3.67. The van der Waals surface area contributed by atoms with Crippen LogP contribution in [-0.2, 0) is 16.1 Å². The van der Waals surface area contributed by atoms with E-state index in [-0.39, 0.29) is 18.3 Å². The lowest BCUT2D eigenvalue weighted by molar-refractivity contribution is 0.0594. The monoisotopic (exact) mass is 358 g/mol. The third kappa shape index (κ3) is 5.34. The van der Waals surface area contributed by atoms with Gasteiger partial charge in [-0.3, -0.25) is 4.79 Å². The predicted molar refractivity (Wildman–Crippen MR) is 93.9 cm³/mol. The van der Waals surface area contributed by atoms with Crippen LogP contribution in [0, 0.1) is 11.3 Å². The van der Waals surface area contributed by atoms with Crippen molar-refractivity contribution in [3.63, 3.8) is 0 Å². The highest BCUT2D eigenvalue weighted by molar-refractivity contribution is 5.91. The van der Waals surface area contributed by atoms with Gasteiger partial charge in [0.1, 0.15) is 24.2 Å². The summed E-state index contributed by atoms with van der Waals surface area (Å²) in [6.07, 6.45) is 0. The van der Waals surface area contributed by atoms with E-state index in [0.29, 0.717) is 43.4 Å². The van der Waals surface area contributed by atoms with Gasteiger partial charge in [-0.1, -0.05) is 12.1 Å². The van der Waals surface area contributed by atoms with E-state index in [1.165, 1.54) is 0 Å². The predicted octanol–water partition coefficient (Wildman–Crippen LogP) is 2.47. The quantitative estimate of drug-likeness (QED) is 0.649. The van der Waals surface area contributed by atoms with Crippen LogP contribution in [-0.4, -0.2) is 51.3 Å². The van der Waals surface area contributed by atoms with E-state index in [0.717, 1.165) is 0 Å². The van der Waals surface area contributed by atoms with Gasteiger partial charge in [0.2, 0.25) is 0 Å². The Morgan fingerprint density at radius 2 is 1.81 bits per heavy atom. The van der Waals surface area contributed by atoms with Gasteiger partial charge in [0.25, 0.3) is 5.91 Å². The molecule has 1 heterocycles. The lowest BCUT2D eigenvalue weighted by Crippen LogP contribution is -2.36. The Hall–Kier alpha value is -2.82. The van der Waals surface area contributed by atoms with Crippen molar-refractivity contribution < 1.29 is 23.4 Å². The van der Waals surface area contributed by atoms with Crippen molar-refractivity contribution in [2.45, 2.75) is 6.61 Å². The molecule has 7 nitrogen and oxygen atoms in total. The maximum Gasteiger partial charge on any atom is 0.289 e. The smallest absolute Gasteiger partial charge is 0.289 e. The molecule has 2 aromatic rings. The van der Waals surface area contributed by atoms with Crippen molar-refractivity contribution in [2.24, 2.45) is 0 Å². The molecule has 0 bridgehead atoms. The number of methoxy groups -OCH3 is 2. The van der Waals surface area contributed by atoms with Crippen LogP contribution in [0.5, 0.6) is 5.75 Å². The number of benzene rings is 1. The molecule has 26 heavy (non-hydrogen) atoms. The highest BCUT2D eigenvalue weighted by Crippen LogP contribution is 2.19. The number of hydrogen-bond donors (Lipinski definition) is 0. The van der Waals surface area contributed by atoms with Gasteiger partial charge in [-0.15, -0.1) is 0 Å². The molecule has 0 N–H and O–H groups in total. The second-order valence-corrected chi connectivity index (χ2v) is 5.44. The van der Waals surface area contributed by atoms with E-state index in [1.807, 2.05) is 0 Å². The summed E-state index contributed by atoms with van der Waals surface area (Å²) < 4.78 is 21.3. The molecule has 2 rings (SSSR count). The maximum atomic E-state index is 12.6. The van der Waals surface area contributed by atoms with E-state index < -0.39 is 0 Å². The van der Waals surface area contributed by atoms with Crippen molar-refractivity contribution in [3.8, 4) is 11.8 Å². The molecule has 0 unspecified atom stereocenters. The Bertz CT molecular complexity index is 742. The largest absolute Gasteiger partial charge is 0.484 e. The fourth-order valence-corrected chi connectivity index (χ4v) is 2.28. The summed E-state index contributed by atoms with van der Waals surface area (Å²) in [5.74, 6) is 0.966. The number of furan rings is 1. The number of nitrogens with zero attached hydrogens (tertiary/aromatic N) is 2. The molecule has 138 valence electrons. The number of amides is 1. The molecule has 0 saturated heterocycles. The van der Waals surface area contributed by atoms with Crippen molar-refractivity contribution in [3.05, 3.63) is 53.5 Å². The van der Waals surface area contributed by atoms with Gasteiger partial charge in [0.15, 0.2) is 5.76 Å². The van der Waals surface area contributed by atoms with Crippen molar-refractivity contribution in [1.29, 1.82) is 5.26 Å². The molecule has 0 aliphatic carbocycles. The van der Waals surface area contributed by atoms with Crippen molar-refractivity contribution >= 4 is 5.91 Å². The summed E-state index contributed by atoms with van der Waals surface area (Å²) in [4.78, 5) is 14.2. The number of ether oxygens (including phenoxy) is 3. The molecule has 0 atom stereocenters. The number of rotatable bonds is 10. The van der Waals surface area contributed by atoms with Crippen molar-refractivity contribution in [2.75, 3.05) is 40.5 Å². The number of carbonyl (C=O) groups is 1.